The van der Waals surface area contributed by atoms with Gasteiger partial charge < -0.3 is 19.9 Å². The van der Waals surface area contributed by atoms with Crippen LogP contribution in [0.2, 0.25) is 0 Å². The minimum absolute atomic E-state index is 0.0217. The topological polar surface area (TPSA) is 84.9 Å². The second kappa shape index (κ2) is 7.88. The van der Waals surface area contributed by atoms with E-state index in [4.69, 9.17) is 14.6 Å². The first-order chi connectivity index (χ1) is 9.04. The zero-order valence-electron chi connectivity index (χ0n) is 10.3. The summed E-state index contributed by atoms with van der Waals surface area (Å²) in [7, 11) is 1.53. The molecule has 19 heavy (non-hydrogen) atoms. The third-order valence-corrected chi connectivity index (χ3v) is 2.64. The van der Waals surface area contributed by atoms with Crippen LogP contribution in [0.1, 0.15) is 10.4 Å². The molecule has 104 valence electrons. The van der Waals surface area contributed by atoms with Crippen molar-refractivity contribution in [2.24, 2.45) is 0 Å². The lowest BCUT2D eigenvalue weighted by atomic mass is 10.2. The van der Waals surface area contributed by atoms with Gasteiger partial charge in [0.2, 0.25) is 5.91 Å². The molecule has 1 aromatic carbocycles. The van der Waals surface area contributed by atoms with Crippen molar-refractivity contribution in [1.29, 1.82) is 0 Å². The molecule has 7 heteroatoms. The van der Waals surface area contributed by atoms with Gasteiger partial charge in [0, 0.05) is 11.6 Å². The van der Waals surface area contributed by atoms with Gasteiger partial charge in [-0.1, -0.05) is 15.9 Å². The Kier molecular flexibility index (Phi) is 6.48. The highest BCUT2D eigenvalue weighted by Crippen LogP contribution is 2.21. The zero-order valence-corrected chi connectivity index (χ0v) is 11.9. The highest BCUT2D eigenvalue weighted by Gasteiger charge is 2.12. The van der Waals surface area contributed by atoms with Crippen LogP contribution in [0.15, 0.2) is 22.7 Å². The van der Waals surface area contributed by atoms with Gasteiger partial charge in [-0.2, -0.15) is 0 Å². The van der Waals surface area contributed by atoms with Crippen molar-refractivity contribution in [1.82, 2.24) is 0 Å². The fourth-order valence-corrected chi connectivity index (χ4v) is 1.66. The van der Waals surface area contributed by atoms with Crippen molar-refractivity contribution >= 4 is 33.5 Å². The van der Waals surface area contributed by atoms with Gasteiger partial charge in [0.15, 0.2) is 0 Å². The summed E-state index contributed by atoms with van der Waals surface area (Å²) in [5.41, 5.74) is 0.246. The first-order valence-electron chi connectivity index (χ1n) is 5.44. The van der Waals surface area contributed by atoms with Crippen molar-refractivity contribution in [2.75, 3.05) is 32.2 Å². The fraction of sp³-hybridized carbons (Fsp3) is 0.333. The molecular formula is C12H14BrNO5. The number of halogens is 1. The molecule has 0 bridgehead atoms. The number of hydrogen-bond acceptors (Lipinski definition) is 4. The Morgan fingerprint density at radius 3 is 2.74 bits per heavy atom. The maximum Gasteiger partial charge on any atom is 0.337 e. The molecular weight excluding hydrogens is 318 g/mol. The van der Waals surface area contributed by atoms with E-state index < -0.39 is 11.9 Å². The second-order valence-corrected chi connectivity index (χ2v) is 4.50. The van der Waals surface area contributed by atoms with Crippen LogP contribution < -0.4 is 5.32 Å². The average molecular weight is 332 g/mol. The number of ether oxygens (including phenoxy) is 2. The number of anilines is 1. The monoisotopic (exact) mass is 331 g/mol. The third kappa shape index (κ3) is 5.37. The molecule has 0 aromatic heterocycles. The van der Waals surface area contributed by atoms with E-state index in [9.17, 15) is 9.59 Å². The second-order valence-electron chi connectivity index (χ2n) is 3.59. The Hall–Kier alpha value is -1.44. The predicted molar refractivity (Wildman–Crippen MR) is 72.4 cm³/mol. The molecule has 0 heterocycles. The van der Waals surface area contributed by atoms with E-state index in [1.165, 1.54) is 19.2 Å². The number of carboxylic acids is 1. The van der Waals surface area contributed by atoms with Crippen LogP contribution in [0.4, 0.5) is 5.69 Å². The number of benzene rings is 1. The molecule has 0 saturated carbocycles. The van der Waals surface area contributed by atoms with E-state index in [1.54, 1.807) is 6.07 Å². The Balaban J connectivity index is 2.62. The molecule has 0 aliphatic carbocycles. The quantitative estimate of drug-likeness (QED) is 0.743. The SMILES string of the molecule is COCCOCC(=O)Nc1cc(Br)ccc1C(=O)O. The molecule has 0 aliphatic heterocycles. The molecule has 0 atom stereocenters. The summed E-state index contributed by atoms with van der Waals surface area (Å²) < 4.78 is 10.5. The largest absolute Gasteiger partial charge is 0.478 e. The molecule has 2 N–H and O–H groups in total. The van der Waals surface area contributed by atoms with Gasteiger partial charge in [-0.05, 0) is 18.2 Å². The van der Waals surface area contributed by atoms with Crippen LogP contribution in [-0.4, -0.2) is 43.9 Å². The van der Waals surface area contributed by atoms with Gasteiger partial charge >= 0.3 is 5.97 Å². The van der Waals surface area contributed by atoms with Gasteiger partial charge in [0.25, 0.3) is 0 Å². The number of carbonyl (C=O) groups excluding carboxylic acids is 1. The molecule has 1 rings (SSSR count). The van der Waals surface area contributed by atoms with E-state index in [2.05, 4.69) is 21.2 Å². The highest BCUT2D eigenvalue weighted by atomic mass is 79.9. The number of rotatable bonds is 7. The Morgan fingerprint density at radius 2 is 2.11 bits per heavy atom. The lowest BCUT2D eigenvalue weighted by Gasteiger charge is -2.09. The molecule has 0 aliphatic rings. The van der Waals surface area contributed by atoms with Gasteiger partial charge in [-0.25, -0.2) is 4.79 Å². The van der Waals surface area contributed by atoms with Crippen LogP contribution in [-0.2, 0) is 14.3 Å². The van der Waals surface area contributed by atoms with Gasteiger partial charge in [-0.3, -0.25) is 4.79 Å². The van der Waals surface area contributed by atoms with Gasteiger partial charge in [0.05, 0.1) is 24.5 Å². The molecule has 0 spiro atoms. The number of hydrogen-bond donors (Lipinski definition) is 2. The number of carboxylic acid groups (broad SMARTS) is 1. The zero-order chi connectivity index (χ0) is 14.3. The summed E-state index contributed by atoms with van der Waals surface area (Å²) in [5.74, 6) is -1.53. The van der Waals surface area contributed by atoms with Crippen LogP contribution in [0.5, 0.6) is 0 Å². The minimum atomic E-state index is -1.11. The van der Waals surface area contributed by atoms with Gasteiger partial charge in [-0.15, -0.1) is 0 Å². The number of methoxy groups -OCH3 is 1. The van der Waals surface area contributed by atoms with E-state index in [-0.39, 0.29) is 17.9 Å². The summed E-state index contributed by atoms with van der Waals surface area (Å²) in [6.07, 6.45) is 0. The summed E-state index contributed by atoms with van der Waals surface area (Å²) in [5, 5.41) is 11.5. The van der Waals surface area contributed by atoms with Crippen LogP contribution in [0.3, 0.4) is 0 Å². The maximum atomic E-state index is 11.6. The van der Waals surface area contributed by atoms with Crippen molar-refractivity contribution in [2.45, 2.75) is 0 Å². The van der Waals surface area contributed by atoms with E-state index in [0.29, 0.717) is 17.7 Å². The number of amides is 1. The average Bonchev–Trinajstić information content (AvgIpc) is 2.34. The first kappa shape index (κ1) is 15.6. The lowest BCUT2D eigenvalue weighted by Crippen LogP contribution is -2.21. The molecule has 1 amide bonds. The number of nitrogens with one attached hydrogen (secondary N) is 1. The van der Waals surface area contributed by atoms with Crippen molar-refractivity contribution in [3.8, 4) is 0 Å². The van der Waals surface area contributed by atoms with Crippen LogP contribution in [0.25, 0.3) is 0 Å². The first-order valence-corrected chi connectivity index (χ1v) is 6.23. The summed E-state index contributed by atoms with van der Waals surface area (Å²) in [6, 6.07) is 4.53. The van der Waals surface area contributed by atoms with Crippen LogP contribution in [0, 0.1) is 0 Å². The van der Waals surface area contributed by atoms with E-state index >= 15 is 0 Å². The molecule has 1 aromatic rings. The summed E-state index contributed by atoms with van der Waals surface area (Å²) in [4.78, 5) is 22.6. The third-order valence-electron chi connectivity index (χ3n) is 2.15. The Bertz CT molecular complexity index is 463. The fourth-order valence-electron chi connectivity index (χ4n) is 1.30. The number of carbonyl (C=O) groups is 2. The molecule has 6 nitrogen and oxygen atoms in total. The van der Waals surface area contributed by atoms with Crippen molar-refractivity contribution in [3.05, 3.63) is 28.2 Å². The standard InChI is InChI=1S/C12H14BrNO5/c1-18-4-5-19-7-11(15)14-10-6-8(13)2-3-9(10)12(16)17/h2-3,6H,4-5,7H2,1H3,(H,14,15)(H,16,17). The summed E-state index contributed by atoms with van der Waals surface area (Å²) in [6.45, 7) is 0.535. The summed E-state index contributed by atoms with van der Waals surface area (Å²) >= 11 is 3.22. The predicted octanol–water partition coefficient (Wildman–Crippen LogP) is 1.75. The molecule has 0 unspecified atom stereocenters. The smallest absolute Gasteiger partial charge is 0.337 e. The number of aromatic carboxylic acids is 1. The lowest BCUT2D eigenvalue weighted by molar-refractivity contribution is -0.121. The maximum absolute atomic E-state index is 11.6. The van der Waals surface area contributed by atoms with Crippen LogP contribution >= 0.6 is 15.9 Å². The normalized spacial score (nSPS) is 10.2. The van der Waals surface area contributed by atoms with Gasteiger partial charge in [0.1, 0.15) is 6.61 Å². The molecule has 0 fully saturated rings. The van der Waals surface area contributed by atoms with E-state index in [1.807, 2.05) is 0 Å². The van der Waals surface area contributed by atoms with E-state index in [0.717, 1.165) is 0 Å². The van der Waals surface area contributed by atoms with Crippen molar-refractivity contribution in [3.63, 3.8) is 0 Å². The highest BCUT2D eigenvalue weighted by molar-refractivity contribution is 9.10. The Labute approximate surface area is 118 Å². The molecule has 0 saturated heterocycles. The minimum Gasteiger partial charge on any atom is -0.478 e. The Morgan fingerprint density at radius 1 is 1.37 bits per heavy atom. The molecule has 0 radical (unpaired) electrons. The van der Waals surface area contributed by atoms with Crippen molar-refractivity contribution < 1.29 is 24.2 Å².